The molecule has 2 atom stereocenters. The maximum Gasteiger partial charge on any atom is 0.150 e. The first kappa shape index (κ1) is 34.6. The van der Waals surface area contributed by atoms with Crippen LogP contribution in [0, 0.1) is 5.92 Å². The standard InChI is InChI=1S/C37H56O4/c1-16-25(30(38)21(2)23-17-26(34(4,5)6)32(40)27(18-23)35(7,8)9)31(39)22(3)24-19-28(36(10,11)12)33(41)29(20-24)37(13,14)15/h17-22,25,40-41H,16H2,1-15H3. The third-order valence-corrected chi connectivity index (χ3v) is 8.45. The highest BCUT2D eigenvalue weighted by molar-refractivity contribution is 6.07. The summed E-state index contributed by atoms with van der Waals surface area (Å²) < 4.78 is 0. The molecule has 0 saturated carbocycles. The molecule has 0 aliphatic heterocycles. The Morgan fingerprint density at radius 3 is 0.951 bits per heavy atom. The minimum atomic E-state index is -0.755. The van der Waals surface area contributed by atoms with E-state index in [9.17, 15) is 19.8 Å². The van der Waals surface area contributed by atoms with Crippen LogP contribution >= 0.6 is 0 Å². The summed E-state index contributed by atoms with van der Waals surface area (Å²) in [5.41, 5.74) is 3.63. The molecule has 4 nitrogen and oxygen atoms in total. The molecule has 0 amide bonds. The Morgan fingerprint density at radius 2 is 0.780 bits per heavy atom. The highest BCUT2D eigenvalue weighted by Crippen LogP contribution is 2.43. The molecule has 228 valence electrons. The number of carbonyl (C=O) groups is 2. The molecule has 4 heteroatoms. The summed E-state index contributed by atoms with van der Waals surface area (Å²) in [5, 5.41) is 22.3. The van der Waals surface area contributed by atoms with E-state index in [1.54, 1.807) is 0 Å². The Bertz CT molecular complexity index is 1120. The van der Waals surface area contributed by atoms with E-state index >= 15 is 0 Å². The van der Waals surface area contributed by atoms with Gasteiger partial charge in [-0.05, 0) is 61.5 Å². The van der Waals surface area contributed by atoms with Gasteiger partial charge in [0, 0.05) is 11.8 Å². The number of phenols is 2. The van der Waals surface area contributed by atoms with Gasteiger partial charge in [0.25, 0.3) is 0 Å². The van der Waals surface area contributed by atoms with Crippen LogP contribution in [0.4, 0.5) is 0 Å². The lowest BCUT2D eigenvalue weighted by atomic mass is 9.74. The Labute approximate surface area is 250 Å². The van der Waals surface area contributed by atoms with Crippen LogP contribution in [-0.2, 0) is 31.2 Å². The van der Waals surface area contributed by atoms with Crippen LogP contribution in [0.1, 0.15) is 155 Å². The number of benzene rings is 2. The van der Waals surface area contributed by atoms with Gasteiger partial charge in [-0.3, -0.25) is 9.59 Å². The fourth-order valence-electron chi connectivity index (χ4n) is 5.58. The molecule has 2 unspecified atom stereocenters. The van der Waals surface area contributed by atoms with Crippen LogP contribution in [-0.4, -0.2) is 21.8 Å². The molecule has 2 rings (SSSR count). The lowest BCUT2D eigenvalue weighted by molar-refractivity contribution is -0.134. The van der Waals surface area contributed by atoms with Crippen molar-refractivity contribution in [2.24, 2.45) is 5.92 Å². The predicted molar refractivity (Wildman–Crippen MR) is 172 cm³/mol. The number of phenolic OH excluding ortho intramolecular Hbond substituents is 2. The first-order chi connectivity index (χ1) is 18.3. The number of hydrogen-bond acceptors (Lipinski definition) is 4. The summed E-state index contributed by atoms with van der Waals surface area (Å²) in [6.45, 7) is 30.3. The second-order valence-corrected chi connectivity index (χ2v) is 16.1. The van der Waals surface area contributed by atoms with Crippen molar-refractivity contribution in [2.45, 2.75) is 144 Å². The fourth-order valence-corrected chi connectivity index (χ4v) is 5.58. The summed E-state index contributed by atoms with van der Waals surface area (Å²) in [4.78, 5) is 28.1. The number of carbonyl (C=O) groups excluding carboxylic acids is 2. The molecule has 0 aliphatic carbocycles. The van der Waals surface area contributed by atoms with Crippen molar-refractivity contribution < 1.29 is 19.8 Å². The second kappa shape index (κ2) is 11.6. The van der Waals surface area contributed by atoms with E-state index in [4.69, 9.17) is 0 Å². The smallest absolute Gasteiger partial charge is 0.150 e. The van der Waals surface area contributed by atoms with E-state index in [0.29, 0.717) is 6.42 Å². The molecule has 2 aromatic rings. The fraction of sp³-hybridized carbons (Fsp3) is 0.622. The quantitative estimate of drug-likeness (QED) is 0.329. The SMILES string of the molecule is CCC(C(=O)C(C)c1cc(C(C)(C)C)c(O)c(C(C)(C)C)c1)C(=O)C(C)c1cc(C(C)(C)C)c(O)c(C(C)(C)C)c1. The summed E-state index contributed by atoms with van der Waals surface area (Å²) >= 11 is 0. The van der Waals surface area contributed by atoms with E-state index < -0.39 is 17.8 Å². The van der Waals surface area contributed by atoms with Crippen LogP contribution in [0.3, 0.4) is 0 Å². The number of Topliss-reactive ketones (excluding diaryl/α,β-unsaturated/α-hetero) is 2. The average Bonchev–Trinajstić information content (AvgIpc) is 2.80. The van der Waals surface area contributed by atoms with E-state index in [-0.39, 0.29) is 44.7 Å². The van der Waals surface area contributed by atoms with Gasteiger partial charge < -0.3 is 10.2 Å². The molecule has 0 fully saturated rings. The van der Waals surface area contributed by atoms with Gasteiger partial charge in [0.1, 0.15) is 23.1 Å². The van der Waals surface area contributed by atoms with E-state index in [2.05, 4.69) is 83.1 Å². The number of rotatable bonds is 7. The monoisotopic (exact) mass is 564 g/mol. The third kappa shape index (κ3) is 7.43. The topological polar surface area (TPSA) is 74.6 Å². The molecule has 2 N–H and O–H groups in total. The first-order valence-corrected chi connectivity index (χ1v) is 15.2. The minimum Gasteiger partial charge on any atom is -0.507 e. The van der Waals surface area contributed by atoms with Gasteiger partial charge in [-0.15, -0.1) is 0 Å². The van der Waals surface area contributed by atoms with Crippen molar-refractivity contribution >= 4 is 11.6 Å². The van der Waals surface area contributed by atoms with Crippen molar-refractivity contribution in [1.82, 2.24) is 0 Å². The van der Waals surface area contributed by atoms with Crippen LogP contribution in [0.15, 0.2) is 24.3 Å². The van der Waals surface area contributed by atoms with Crippen molar-refractivity contribution in [2.75, 3.05) is 0 Å². The van der Waals surface area contributed by atoms with E-state index in [1.165, 1.54) is 0 Å². The van der Waals surface area contributed by atoms with Gasteiger partial charge in [-0.2, -0.15) is 0 Å². The molecule has 41 heavy (non-hydrogen) atoms. The van der Waals surface area contributed by atoms with Crippen molar-refractivity contribution in [1.29, 1.82) is 0 Å². The Kier molecular flexibility index (Phi) is 9.76. The zero-order valence-electron chi connectivity index (χ0n) is 28.5. The molecule has 0 spiro atoms. The molecule has 0 saturated heterocycles. The molecule has 0 bridgehead atoms. The van der Waals surface area contributed by atoms with Gasteiger partial charge in [-0.1, -0.05) is 128 Å². The number of hydrogen-bond donors (Lipinski definition) is 2. The molecule has 2 aromatic carbocycles. The molecule has 0 aliphatic rings. The summed E-state index contributed by atoms with van der Waals surface area (Å²) in [7, 11) is 0. The number of ketones is 2. The predicted octanol–water partition coefficient (Wildman–Crippen LogP) is 9.36. The van der Waals surface area contributed by atoms with Gasteiger partial charge >= 0.3 is 0 Å². The molecular formula is C37H56O4. The largest absolute Gasteiger partial charge is 0.507 e. The summed E-state index contributed by atoms with van der Waals surface area (Å²) in [6.07, 6.45) is 0.416. The van der Waals surface area contributed by atoms with Crippen LogP contribution < -0.4 is 0 Å². The van der Waals surface area contributed by atoms with Crippen LogP contribution in [0.2, 0.25) is 0 Å². The molecule has 0 heterocycles. The minimum absolute atomic E-state index is 0.0966. The second-order valence-electron chi connectivity index (χ2n) is 16.1. The lowest BCUT2D eigenvalue weighted by Gasteiger charge is -2.30. The highest BCUT2D eigenvalue weighted by Gasteiger charge is 2.36. The van der Waals surface area contributed by atoms with Crippen molar-refractivity contribution in [3.05, 3.63) is 57.6 Å². The molecular weight excluding hydrogens is 508 g/mol. The summed E-state index contributed by atoms with van der Waals surface area (Å²) in [5.74, 6) is -1.40. The molecule has 0 radical (unpaired) electrons. The first-order valence-electron chi connectivity index (χ1n) is 15.2. The van der Waals surface area contributed by atoms with Gasteiger partial charge in [0.15, 0.2) is 0 Å². The zero-order valence-corrected chi connectivity index (χ0v) is 28.5. The normalized spacial score (nSPS) is 15.4. The zero-order chi connectivity index (χ0) is 32.0. The lowest BCUT2D eigenvalue weighted by Crippen LogP contribution is -2.31. The average molecular weight is 565 g/mol. The maximum absolute atomic E-state index is 14.0. The van der Waals surface area contributed by atoms with Crippen molar-refractivity contribution in [3.63, 3.8) is 0 Å². The third-order valence-electron chi connectivity index (χ3n) is 8.45. The Morgan fingerprint density at radius 1 is 0.561 bits per heavy atom. The summed E-state index contributed by atoms with van der Waals surface area (Å²) in [6, 6.07) is 7.77. The van der Waals surface area contributed by atoms with E-state index in [0.717, 1.165) is 33.4 Å². The Hall–Kier alpha value is -2.62. The highest BCUT2D eigenvalue weighted by atomic mass is 16.3. The number of aromatic hydroxyl groups is 2. The van der Waals surface area contributed by atoms with Gasteiger partial charge in [0.2, 0.25) is 0 Å². The Balaban J connectivity index is 2.60. The van der Waals surface area contributed by atoms with Crippen molar-refractivity contribution in [3.8, 4) is 11.5 Å². The van der Waals surface area contributed by atoms with Crippen LogP contribution in [0.25, 0.3) is 0 Å². The van der Waals surface area contributed by atoms with Crippen LogP contribution in [0.5, 0.6) is 11.5 Å². The maximum atomic E-state index is 14.0. The van der Waals surface area contributed by atoms with Gasteiger partial charge in [-0.25, -0.2) is 0 Å². The van der Waals surface area contributed by atoms with E-state index in [1.807, 2.05) is 45.0 Å². The van der Waals surface area contributed by atoms with Gasteiger partial charge in [0.05, 0.1) is 5.92 Å². The molecule has 0 aromatic heterocycles.